The highest BCUT2D eigenvalue weighted by Crippen LogP contribution is 2.28. The highest BCUT2D eigenvalue weighted by Gasteiger charge is 2.24. The summed E-state index contributed by atoms with van der Waals surface area (Å²) in [7, 11) is -3.51. The molecule has 4 nitrogen and oxygen atoms in total. The predicted molar refractivity (Wildman–Crippen MR) is 86.7 cm³/mol. The zero-order valence-corrected chi connectivity index (χ0v) is 13.5. The summed E-state index contributed by atoms with van der Waals surface area (Å²) in [6.07, 6.45) is 3.04. The summed E-state index contributed by atoms with van der Waals surface area (Å²) in [5.74, 6) is 1.39. The number of sulfonamides is 1. The van der Waals surface area contributed by atoms with Gasteiger partial charge >= 0.3 is 0 Å². The van der Waals surface area contributed by atoms with E-state index in [-0.39, 0.29) is 0 Å². The molecule has 1 N–H and O–H groups in total. The van der Waals surface area contributed by atoms with Gasteiger partial charge < -0.3 is 4.42 Å². The molecule has 0 spiro atoms. The highest BCUT2D eigenvalue weighted by molar-refractivity contribution is 7.93. The van der Waals surface area contributed by atoms with E-state index in [9.17, 15) is 8.42 Å². The summed E-state index contributed by atoms with van der Waals surface area (Å²) < 4.78 is 33.3. The van der Waals surface area contributed by atoms with Gasteiger partial charge in [-0.2, -0.15) is 0 Å². The van der Waals surface area contributed by atoms with Crippen molar-refractivity contribution in [1.82, 2.24) is 4.72 Å². The molecule has 1 aromatic heterocycles. The van der Waals surface area contributed by atoms with Crippen LogP contribution in [0.1, 0.15) is 42.0 Å². The number of rotatable bonds is 4. The Labute approximate surface area is 130 Å². The molecule has 116 valence electrons. The second-order valence-corrected chi connectivity index (χ2v) is 7.37. The topological polar surface area (TPSA) is 59.3 Å². The second kappa shape index (κ2) is 5.74. The van der Waals surface area contributed by atoms with Gasteiger partial charge in [0.05, 0.1) is 10.9 Å². The zero-order valence-electron chi connectivity index (χ0n) is 12.7. The van der Waals surface area contributed by atoms with E-state index in [1.165, 1.54) is 5.56 Å². The molecule has 0 amide bonds. The third-order valence-corrected chi connectivity index (χ3v) is 5.55. The molecular formula is C17H19NO3S. The Morgan fingerprint density at radius 1 is 1.14 bits per heavy atom. The van der Waals surface area contributed by atoms with E-state index in [1.54, 1.807) is 19.1 Å². The van der Waals surface area contributed by atoms with Crippen molar-refractivity contribution in [2.75, 3.05) is 0 Å². The number of hydrogen-bond acceptors (Lipinski definition) is 3. The van der Waals surface area contributed by atoms with Crippen LogP contribution in [0.2, 0.25) is 0 Å². The molecule has 0 bridgehead atoms. The van der Waals surface area contributed by atoms with Gasteiger partial charge in [-0.1, -0.05) is 24.3 Å². The molecule has 0 aliphatic heterocycles. The molecule has 1 heterocycles. The van der Waals surface area contributed by atoms with Gasteiger partial charge in [-0.15, -0.1) is 0 Å². The average Bonchev–Trinajstić information content (AvgIpc) is 2.93. The maximum absolute atomic E-state index is 12.6. The second-order valence-electron chi connectivity index (χ2n) is 5.60. The molecule has 5 heteroatoms. The van der Waals surface area contributed by atoms with Crippen molar-refractivity contribution < 1.29 is 12.8 Å². The first kappa shape index (κ1) is 15.1. The van der Waals surface area contributed by atoms with E-state index in [4.69, 9.17) is 4.42 Å². The number of furan rings is 1. The van der Waals surface area contributed by atoms with Crippen LogP contribution >= 0.6 is 0 Å². The molecule has 2 aromatic rings. The van der Waals surface area contributed by atoms with Crippen LogP contribution in [0.3, 0.4) is 0 Å². The van der Waals surface area contributed by atoms with Gasteiger partial charge in [-0.3, -0.25) is 0 Å². The van der Waals surface area contributed by atoms with Crippen LogP contribution in [0.4, 0.5) is 0 Å². The standard InChI is InChI=1S/C17H19NO3S/c1-12-7-10-17(21-12)13(2)18-22(19,20)16-9-8-14-5-3-4-6-15(14)11-16/h3-7,10-11,13,18H,8-9H2,1-2H3. The number of aryl methyl sites for hydroxylation is 2. The van der Waals surface area contributed by atoms with Crippen molar-refractivity contribution in [1.29, 1.82) is 0 Å². The number of benzene rings is 1. The monoisotopic (exact) mass is 317 g/mol. The molecule has 0 fully saturated rings. The lowest BCUT2D eigenvalue weighted by atomic mass is 9.98. The molecule has 3 rings (SSSR count). The van der Waals surface area contributed by atoms with Crippen LogP contribution in [-0.2, 0) is 16.4 Å². The van der Waals surface area contributed by atoms with Gasteiger partial charge in [0.25, 0.3) is 0 Å². The highest BCUT2D eigenvalue weighted by atomic mass is 32.2. The van der Waals surface area contributed by atoms with E-state index < -0.39 is 16.1 Å². The molecule has 0 saturated heterocycles. The number of hydrogen-bond donors (Lipinski definition) is 1. The van der Waals surface area contributed by atoms with E-state index in [2.05, 4.69) is 4.72 Å². The van der Waals surface area contributed by atoms with Gasteiger partial charge in [0, 0.05) is 0 Å². The Balaban J connectivity index is 1.83. The van der Waals surface area contributed by atoms with Gasteiger partial charge in [-0.05, 0) is 56.0 Å². The molecule has 1 atom stereocenters. The Morgan fingerprint density at radius 3 is 2.64 bits per heavy atom. The Morgan fingerprint density at radius 2 is 1.91 bits per heavy atom. The number of allylic oxidation sites excluding steroid dienone is 1. The average molecular weight is 317 g/mol. The quantitative estimate of drug-likeness (QED) is 0.938. The smallest absolute Gasteiger partial charge is 0.237 e. The van der Waals surface area contributed by atoms with E-state index in [0.717, 1.165) is 17.7 Å². The Bertz CT molecular complexity index is 818. The van der Waals surface area contributed by atoms with Crippen molar-refractivity contribution in [3.05, 3.63) is 64.0 Å². The molecule has 1 aromatic carbocycles. The number of fused-ring (bicyclic) bond motifs is 1. The van der Waals surface area contributed by atoms with Crippen LogP contribution in [0, 0.1) is 6.92 Å². The first-order chi connectivity index (χ1) is 10.5. The van der Waals surface area contributed by atoms with Crippen molar-refractivity contribution in [3.63, 3.8) is 0 Å². The van der Waals surface area contributed by atoms with E-state index in [1.807, 2.05) is 37.3 Å². The zero-order chi connectivity index (χ0) is 15.7. The van der Waals surface area contributed by atoms with Crippen molar-refractivity contribution in [3.8, 4) is 0 Å². The van der Waals surface area contributed by atoms with Gasteiger partial charge in [-0.25, -0.2) is 13.1 Å². The van der Waals surface area contributed by atoms with Crippen LogP contribution in [0.25, 0.3) is 6.08 Å². The molecular weight excluding hydrogens is 298 g/mol. The van der Waals surface area contributed by atoms with Crippen molar-refractivity contribution in [2.24, 2.45) is 0 Å². The van der Waals surface area contributed by atoms with Crippen molar-refractivity contribution >= 4 is 16.1 Å². The first-order valence-corrected chi connectivity index (χ1v) is 8.81. The van der Waals surface area contributed by atoms with Gasteiger partial charge in [0.1, 0.15) is 11.5 Å². The van der Waals surface area contributed by atoms with Crippen LogP contribution < -0.4 is 4.72 Å². The van der Waals surface area contributed by atoms with E-state index in [0.29, 0.717) is 17.1 Å². The molecule has 22 heavy (non-hydrogen) atoms. The van der Waals surface area contributed by atoms with Gasteiger partial charge in [0.15, 0.2) is 0 Å². The molecule has 1 unspecified atom stereocenters. The largest absolute Gasteiger partial charge is 0.465 e. The predicted octanol–water partition coefficient (Wildman–Crippen LogP) is 3.56. The Hall–Kier alpha value is -1.85. The summed E-state index contributed by atoms with van der Waals surface area (Å²) in [5, 5.41) is 0. The minimum absolute atomic E-state index is 0.392. The SMILES string of the molecule is Cc1ccc(C(C)NS(=O)(=O)C2=Cc3ccccc3CC2)o1. The minimum Gasteiger partial charge on any atom is -0.465 e. The van der Waals surface area contributed by atoms with E-state index >= 15 is 0 Å². The summed E-state index contributed by atoms with van der Waals surface area (Å²) >= 11 is 0. The molecule has 1 aliphatic rings. The normalized spacial score (nSPS) is 16.0. The lowest BCUT2D eigenvalue weighted by Gasteiger charge is -2.19. The third kappa shape index (κ3) is 3.00. The Kier molecular flexibility index (Phi) is 3.93. The fourth-order valence-electron chi connectivity index (χ4n) is 2.67. The molecule has 0 radical (unpaired) electrons. The molecule has 0 saturated carbocycles. The van der Waals surface area contributed by atoms with Crippen LogP contribution in [0.15, 0.2) is 45.7 Å². The number of nitrogens with one attached hydrogen (secondary N) is 1. The minimum atomic E-state index is -3.51. The molecule has 1 aliphatic carbocycles. The van der Waals surface area contributed by atoms with Crippen LogP contribution in [-0.4, -0.2) is 8.42 Å². The summed E-state index contributed by atoms with van der Waals surface area (Å²) in [5.41, 5.74) is 2.17. The summed E-state index contributed by atoms with van der Waals surface area (Å²) in [4.78, 5) is 0.432. The van der Waals surface area contributed by atoms with Gasteiger partial charge in [0.2, 0.25) is 10.0 Å². The maximum atomic E-state index is 12.6. The fourth-order valence-corrected chi connectivity index (χ4v) is 4.06. The van der Waals surface area contributed by atoms with Crippen molar-refractivity contribution in [2.45, 2.75) is 32.7 Å². The summed E-state index contributed by atoms with van der Waals surface area (Å²) in [6, 6.07) is 11.1. The summed E-state index contributed by atoms with van der Waals surface area (Å²) in [6.45, 7) is 3.62. The lowest BCUT2D eigenvalue weighted by Crippen LogP contribution is -2.28. The first-order valence-electron chi connectivity index (χ1n) is 7.33. The van der Waals surface area contributed by atoms with Crippen LogP contribution in [0.5, 0.6) is 0 Å². The fraction of sp³-hybridized carbons (Fsp3) is 0.294. The maximum Gasteiger partial charge on any atom is 0.237 e. The third-order valence-electron chi connectivity index (χ3n) is 3.88. The lowest BCUT2D eigenvalue weighted by molar-refractivity contribution is 0.442.